The number of ether oxygens (including phenoxy) is 2. The molecule has 0 rings (SSSR count). The molecule has 0 amide bonds. The average Bonchev–Trinajstić information content (AvgIpc) is 3.19. The van der Waals surface area contributed by atoms with Gasteiger partial charge in [0, 0.05) is 13.0 Å². The van der Waals surface area contributed by atoms with E-state index in [0.29, 0.717) is 24.1 Å². The van der Waals surface area contributed by atoms with Gasteiger partial charge in [0.2, 0.25) is 0 Å². The first-order valence-corrected chi connectivity index (χ1v) is 27.3. The number of esters is 1. The summed E-state index contributed by atoms with van der Waals surface area (Å²) in [5.41, 5.74) is 0. The van der Waals surface area contributed by atoms with Crippen LogP contribution in [0.3, 0.4) is 0 Å². The molecule has 0 aromatic carbocycles. The van der Waals surface area contributed by atoms with Crippen LogP contribution in [0.2, 0.25) is 0 Å². The van der Waals surface area contributed by atoms with Gasteiger partial charge in [-0.25, -0.2) is 4.57 Å². The van der Waals surface area contributed by atoms with Crippen LogP contribution >= 0.6 is 7.82 Å². The second kappa shape index (κ2) is 44.1. The normalized spacial score (nSPS) is 13.5. The molecule has 0 saturated heterocycles. The van der Waals surface area contributed by atoms with Gasteiger partial charge in [0.05, 0.1) is 34.4 Å². The highest BCUT2D eigenvalue weighted by Gasteiger charge is 2.26. The highest BCUT2D eigenvalue weighted by atomic mass is 31.2. The summed E-state index contributed by atoms with van der Waals surface area (Å²) in [6.45, 7) is 5.71. The number of quaternary nitrogens is 1. The van der Waals surface area contributed by atoms with Crippen molar-refractivity contribution in [2.24, 2.45) is 0 Å². The molecular formula is C50H103NO7P+. The Kier molecular flexibility index (Phi) is 43.7. The zero-order chi connectivity index (χ0) is 43.4. The number of carbonyl (C=O) groups excluding carboxylic acids is 1. The molecule has 2 atom stereocenters. The summed E-state index contributed by atoms with van der Waals surface area (Å²) in [6, 6.07) is 0. The number of phosphoric acid groups is 1. The molecule has 0 bridgehead atoms. The lowest BCUT2D eigenvalue weighted by molar-refractivity contribution is -0.870. The van der Waals surface area contributed by atoms with Gasteiger partial charge in [-0.05, 0) is 12.8 Å². The van der Waals surface area contributed by atoms with Crippen LogP contribution in [-0.4, -0.2) is 75.6 Å². The van der Waals surface area contributed by atoms with E-state index in [0.717, 1.165) is 32.1 Å². The van der Waals surface area contributed by atoms with E-state index in [9.17, 15) is 14.3 Å². The first-order chi connectivity index (χ1) is 28.6. The van der Waals surface area contributed by atoms with E-state index in [1.165, 1.54) is 205 Å². The van der Waals surface area contributed by atoms with Crippen LogP contribution in [-0.2, 0) is 27.9 Å². The number of phosphoric ester groups is 1. The Balaban J connectivity index is 4.08. The van der Waals surface area contributed by atoms with Gasteiger partial charge < -0.3 is 18.9 Å². The van der Waals surface area contributed by atoms with Crippen LogP contribution in [0, 0.1) is 0 Å². The number of carbonyl (C=O) groups is 1. The molecule has 0 spiro atoms. The van der Waals surface area contributed by atoms with Crippen molar-refractivity contribution in [1.82, 2.24) is 0 Å². The Morgan fingerprint density at radius 3 is 1.12 bits per heavy atom. The zero-order valence-corrected chi connectivity index (χ0v) is 41.2. The zero-order valence-electron chi connectivity index (χ0n) is 40.3. The quantitative estimate of drug-likeness (QED) is 0.0282. The van der Waals surface area contributed by atoms with Crippen molar-refractivity contribution < 1.29 is 37.3 Å². The number of hydrogen-bond donors (Lipinski definition) is 1. The highest BCUT2D eigenvalue weighted by molar-refractivity contribution is 7.47. The average molecular weight is 861 g/mol. The van der Waals surface area contributed by atoms with E-state index >= 15 is 0 Å². The molecule has 0 radical (unpaired) electrons. The van der Waals surface area contributed by atoms with Gasteiger partial charge >= 0.3 is 13.8 Å². The molecule has 1 N–H and O–H groups in total. The minimum absolute atomic E-state index is 0.0942. The molecule has 0 aliphatic rings. The number of likely N-dealkylation sites (N-methyl/N-ethyl adjacent to an activating group) is 1. The van der Waals surface area contributed by atoms with Gasteiger partial charge in [0.25, 0.3) is 0 Å². The van der Waals surface area contributed by atoms with E-state index in [2.05, 4.69) is 13.8 Å². The lowest BCUT2D eigenvalue weighted by atomic mass is 10.0. The Morgan fingerprint density at radius 2 is 0.780 bits per heavy atom. The van der Waals surface area contributed by atoms with Gasteiger partial charge in [-0.3, -0.25) is 13.8 Å². The van der Waals surface area contributed by atoms with Crippen molar-refractivity contribution in [3.63, 3.8) is 0 Å². The van der Waals surface area contributed by atoms with Crippen molar-refractivity contribution in [3.8, 4) is 0 Å². The molecule has 59 heavy (non-hydrogen) atoms. The van der Waals surface area contributed by atoms with E-state index in [1.807, 2.05) is 21.1 Å². The Bertz CT molecular complexity index is 914. The summed E-state index contributed by atoms with van der Waals surface area (Å²) in [6.07, 6.45) is 48.6. The minimum atomic E-state index is -4.27. The lowest BCUT2D eigenvalue weighted by Gasteiger charge is -2.24. The summed E-state index contributed by atoms with van der Waals surface area (Å²) in [5.74, 6) is -0.305. The highest BCUT2D eigenvalue weighted by Crippen LogP contribution is 2.43. The van der Waals surface area contributed by atoms with Crippen molar-refractivity contribution in [2.75, 3.05) is 54.1 Å². The van der Waals surface area contributed by atoms with Crippen molar-refractivity contribution in [1.29, 1.82) is 0 Å². The van der Waals surface area contributed by atoms with E-state index in [1.54, 1.807) is 0 Å². The monoisotopic (exact) mass is 861 g/mol. The minimum Gasteiger partial charge on any atom is -0.457 e. The fraction of sp³-hybridized carbons (Fsp3) is 0.980. The summed E-state index contributed by atoms with van der Waals surface area (Å²) in [5, 5.41) is 0. The number of hydrogen-bond acceptors (Lipinski definition) is 6. The summed E-state index contributed by atoms with van der Waals surface area (Å²) >= 11 is 0. The predicted octanol–water partition coefficient (Wildman–Crippen LogP) is 15.6. The molecule has 0 aromatic heterocycles. The molecule has 0 saturated carbocycles. The number of rotatable bonds is 49. The molecular weight excluding hydrogens is 758 g/mol. The third kappa shape index (κ3) is 48.4. The molecule has 9 heteroatoms. The van der Waals surface area contributed by atoms with E-state index in [4.69, 9.17) is 18.5 Å². The fourth-order valence-electron chi connectivity index (χ4n) is 7.67. The maximum atomic E-state index is 12.8. The molecule has 0 aliphatic heterocycles. The summed E-state index contributed by atoms with van der Waals surface area (Å²) in [4.78, 5) is 23.0. The fourth-order valence-corrected chi connectivity index (χ4v) is 8.42. The molecule has 354 valence electrons. The molecule has 0 aromatic rings. The molecule has 0 aliphatic carbocycles. The standard InChI is InChI=1S/C50H102NO7P/c1-6-8-10-12-14-16-18-20-22-24-26-28-30-32-34-36-38-40-42-45-55-47-49(48-57-59(53,54)56-46-44-51(3,4)5)58-50(52)43-41-39-37-35-33-31-29-27-25-23-21-19-17-15-13-11-9-7-2/h49H,6-48H2,1-5H3/p+1. The smallest absolute Gasteiger partial charge is 0.457 e. The van der Waals surface area contributed by atoms with E-state index < -0.39 is 13.9 Å². The van der Waals surface area contributed by atoms with Crippen LogP contribution in [0.25, 0.3) is 0 Å². The molecule has 8 nitrogen and oxygen atoms in total. The maximum absolute atomic E-state index is 12.8. The van der Waals surface area contributed by atoms with Crippen molar-refractivity contribution >= 4 is 13.8 Å². The third-order valence-electron chi connectivity index (χ3n) is 11.7. The van der Waals surface area contributed by atoms with Crippen LogP contribution in [0.15, 0.2) is 0 Å². The van der Waals surface area contributed by atoms with Gasteiger partial charge in [-0.2, -0.15) is 0 Å². The topological polar surface area (TPSA) is 91.3 Å². The van der Waals surface area contributed by atoms with Crippen molar-refractivity contribution in [3.05, 3.63) is 0 Å². The van der Waals surface area contributed by atoms with Crippen LogP contribution < -0.4 is 0 Å². The summed E-state index contributed by atoms with van der Waals surface area (Å²) < 4.78 is 35.2. The second-order valence-electron chi connectivity index (χ2n) is 18.9. The number of unbranched alkanes of at least 4 members (excludes halogenated alkanes) is 35. The lowest BCUT2D eigenvalue weighted by Crippen LogP contribution is -2.37. The second-order valence-corrected chi connectivity index (χ2v) is 20.4. The first-order valence-electron chi connectivity index (χ1n) is 25.8. The predicted molar refractivity (Wildman–Crippen MR) is 252 cm³/mol. The SMILES string of the molecule is CCCCCCCCCCCCCCCCCCCCCOCC(COP(=O)(O)OCC[N+](C)(C)C)OC(=O)CCCCCCCCCCCCCCCCCCCC. The van der Waals surface area contributed by atoms with Gasteiger partial charge in [0.15, 0.2) is 0 Å². The Morgan fingerprint density at radius 1 is 0.458 bits per heavy atom. The molecule has 0 heterocycles. The summed E-state index contributed by atoms with van der Waals surface area (Å²) in [7, 11) is 1.69. The van der Waals surface area contributed by atoms with Gasteiger partial charge in [-0.1, -0.05) is 239 Å². The van der Waals surface area contributed by atoms with Crippen LogP contribution in [0.4, 0.5) is 0 Å². The Labute approximate surface area is 368 Å². The third-order valence-corrected chi connectivity index (χ3v) is 12.7. The Hall–Kier alpha value is -0.500. The van der Waals surface area contributed by atoms with Crippen LogP contribution in [0.5, 0.6) is 0 Å². The van der Waals surface area contributed by atoms with Gasteiger partial charge in [0.1, 0.15) is 19.3 Å². The molecule has 2 unspecified atom stereocenters. The first kappa shape index (κ1) is 58.5. The van der Waals surface area contributed by atoms with Gasteiger partial charge in [-0.15, -0.1) is 0 Å². The van der Waals surface area contributed by atoms with Crippen LogP contribution in [0.1, 0.15) is 258 Å². The molecule has 0 fully saturated rings. The number of nitrogens with zero attached hydrogens (tertiary/aromatic N) is 1. The van der Waals surface area contributed by atoms with Crippen molar-refractivity contribution in [2.45, 2.75) is 264 Å². The maximum Gasteiger partial charge on any atom is 0.472 e. The largest absolute Gasteiger partial charge is 0.472 e. The van der Waals surface area contributed by atoms with E-state index in [-0.39, 0.29) is 25.8 Å².